The molecule has 4 aromatic rings. The van der Waals surface area contributed by atoms with Crippen molar-refractivity contribution in [2.45, 2.75) is 19.4 Å². The van der Waals surface area contributed by atoms with E-state index >= 15 is 0 Å². The Balaban J connectivity index is 1.54. The molecule has 0 aliphatic carbocycles. The third kappa shape index (κ3) is 4.24. The van der Waals surface area contributed by atoms with E-state index in [1.165, 1.54) is 23.1 Å². The van der Waals surface area contributed by atoms with Gasteiger partial charge < -0.3 is 19.7 Å². The molecular weight excluding hydrogens is 459 g/mol. The number of aliphatic hydroxyl groups is 1. The number of fused-ring (bicyclic) bond motifs is 1. The fourth-order valence-electron chi connectivity index (χ4n) is 4.74. The lowest BCUT2D eigenvalue weighted by Crippen LogP contribution is -2.31. The van der Waals surface area contributed by atoms with Gasteiger partial charge in [-0.1, -0.05) is 30.3 Å². The Hall–Kier alpha value is -4.39. The molecule has 0 bridgehead atoms. The number of H-pyrrole nitrogens is 1. The van der Waals surface area contributed by atoms with Crippen molar-refractivity contribution in [3.05, 3.63) is 107 Å². The summed E-state index contributed by atoms with van der Waals surface area (Å²) in [5.41, 5.74) is 2.70. The number of nitrogens with one attached hydrogen (secondary N) is 1. The lowest BCUT2D eigenvalue weighted by atomic mass is 9.95. The number of aliphatic hydroxyl groups excluding tert-OH is 1. The third-order valence-electron chi connectivity index (χ3n) is 6.44. The van der Waals surface area contributed by atoms with Crippen LogP contribution in [0.4, 0.5) is 4.39 Å². The highest BCUT2D eigenvalue weighted by Gasteiger charge is 2.46. The van der Waals surface area contributed by atoms with Crippen LogP contribution in [-0.4, -0.2) is 39.8 Å². The van der Waals surface area contributed by atoms with E-state index in [4.69, 9.17) is 4.74 Å². The molecule has 6 nitrogen and oxygen atoms in total. The summed E-state index contributed by atoms with van der Waals surface area (Å²) in [4.78, 5) is 31.0. The number of aromatic amines is 1. The van der Waals surface area contributed by atoms with Crippen molar-refractivity contribution in [2.75, 3.05) is 13.2 Å². The number of ether oxygens (including phenoxy) is 1. The van der Waals surface area contributed by atoms with Gasteiger partial charge in [0.1, 0.15) is 17.3 Å². The molecule has 0 saturated carbocycles. The summed E-state index contributed by atoms with van der Waals surface area (Å²) < 4.78 is 19.7. The van der Waals surface area contributed by atoms with Gasteiger partial charge in [-0.05, 0) is 66.9 Å². The molecule has 1 saturated heterocycles. The van der Waals surface area contributed by atoms with Crippen molar-refractivity contribution in [3.8, 4) is 5.75 Å². The number of ketones is 1. The standard InChI is InChI=1S/C29H25FN2O4/c1-2-36-22-12-10-18(11-13-22)27(33)25-26(19-6-5-7-21(30)16-19)32(29(35)28(25)34)15-14-20-17-31-24-9-4-3-8-23(20)24/h3-13,16-17,26,31,33H,2,14-15H2,1H3/b27-25-. The van der Waals surface area contributed by atoms with Gasteiger partial charge in [-0.3, -0.25) is 9.59 Å². The number of halogens is 1. The summed E-state index contributed by atoms with van der Waals surface area (Å²) in [6.07, 6.45) is 2.37. The van der Waals surface area contributed by atoms with Crippen LogP contribution in [0.3, 0.4) is 0 Å². The topological polar surface area (TPSA) is 82.6 Å². The molecule has 1 fully saturated rings. The van der Waals surface area contributed by atoms with Gasteiger partial charge in [-0.25, -0.2) is 4.39 Å². The van der Waals surface area contributed by atoms with Crippen LogP contribution >= 0.6 is 0 Å². The van der Waals surface area contributed by atoms with Gasteiger partial charge in [0, 0.05) is 29.2 Å². The number of amides is 1. The Morgan fingerprint density at radius 1 is 1.06 bits per heavy atom. The van der Waals surface area contributed by atoms with Crippen LogP contribution in [0.1, 0.15) is 29.7 Å². The van der Waals surface area contributed by atoms with Crippen LogP contribution in [0.25, 0.3) is 16.7 Å². The van der Waals surface area contributed by atoms with Gasteiger partial charge in [-0.2, -0.15) is 0 Å². The first-order valence-corrected chi connectivity index (χ1v) is 11.8. The molecule has 1 amide bonds. The third-order valence-corrected chi connectivity index (χ3v) is 6.44. The van der Waals surface area contributed by atoms with Gasteiger partial charge in [0.15, 0.2) is 0 Å². The molecule has 1 aliphatic rings. The van der Waals surface area contributed by atoms with Gasteiger partial charge >= 0.3 is 0 Å². The first kappa shape index (κ1) is 23.4. The lowest BCUT2D eigenvalue weighted by molar-refractivity contribution is -0.139. The van der Waals surface area contributed by atoms with E-state index in [0.29, 0.717) is 29.9 Å². The molecule has 2 N–H and O–H groups in total. The van der Waals surface area contributed by atoms with Crippen molar-refractivity contribution >= 4 is 28.4 Å². The van der Waals surface area contributed by atoms with Crippen LogP contribution in [0.2, 0.25) is 0 Å². The first-order valence-electron chi connectivity index (χ1n) is 11.8. The molecule has 5 rings (SSSR count). The van der Waals surface area contributed by atoms with Crippen molar-refractivity contribution < 1.29 is 23.8 Å². The molecule has 7 heteroatoms. The van der Waals surface area contributed by atoms with E-state index in [1.807, 2.05) is 37.4 Å². The predicted octanol–water partition coefficient (Wildman–Crippen LogP) is 5.37. The zero-order valence-corrected chi connectivity index (χ0v) is 19.7. The molecule has 1 atom stereocenters. The summed E-state index contributed by atoms with van der Waals surface area (Å²) in [5, 5.41) is 12.2. The summed E-state index contributed by atoms with van der Waals surface area (Å²) in [6, 6.07) is 19.3. The number of hydrogen-bond donors (Lipinski definition) is 2. The maximum Gasteiger partial charge on any atom is 0.295 e. The Bertz CT molecular complexity index is 1470. The molecule has 3 aromatic carbocycles. The minimum atomic E-state index is -0.919. The average Bonchev–Trinajstić information content (AvgIpc) is 3.41. The average molecular weight is 485 g/mol. The zero-order chi connectivity index (χ0) is 25.2. The number of rotatable bonds is 7. The van der Waals surface area contributed by atoms with E-state index in [2.05, 4.69) is 4.98 Å². The lowest BCUT2D eigenvalue weighted by Gasteiger charge is -2.25. The second-order valence-corrected chi connectivity index (χ2v) is 8.61. The van der Waals surface area contributed by atoms with E-state index in [-0.39, 0.29) is 17.9 Å². The van der Waals surface area contributed by atoms with Crippen LogP contribution in [-0.2, 0) is 16.0 Å². The molecule has 0 radical (unpaired) electrons. The molecule has 2 heterocycles. The number of carbonyl (C=O) groups excluding carboxylic acids is 2. The maximum atomic E-state index is 14.2. The monoisotopic (exact) mass is 484 g/mol. The minimum Gasteiger partial charge on any atom is -0.507 e. The molecule has 1 aromatic heterocycles. The highest BCUT2D eigenvalue weighted by molar-refractivity contribution is 6.46. The number of para-hydroxylation sites is 1. The van der Waals surface area contributed by atoms with Gasteiger partial charge in [-0.15, -0.1) is 0 Å². The maximum absolute atomic E-state index is 14.2. The van der Waals surface area contributed by atoms with E-state index < -0.39 is 23.5 Å². The molecular formula is C29H25FN2O4. The Kier molecular flexibility index (Phi) is 6.29. The van der Waals surface area contributed by atoms with Crippen LogP contribution in [0, 0.1) is 5.82 Å². The Morgan fingerprint density at radius 2 is 1.83 bits per heavy atom. The minimum absolute atomic E-state index is 0.0614. The molecule has 0 spiro atoms. The van der Waals surface area contributed by atoms with Crippen LogP contribution < -0.4 is 4.74 Å². The van der Waals surface area contributed by atoms with Crippen molar-refractivity contribution in [2.24, 2.45) is 0 Å². The number of nitrogens with zero attached hydrogens (tertiary/aromatic N) is 1. The SMILES string of the molecule is CCOc1ccc(/C(O)=C2/C(=O)C(=O)N(CCc3c[nH]c4ccccc34)C2c2cccc(F)c2)cc1. The van der Waals surface area contributed by atoms with Crippen LogP contribution in [0.15, 0.2) is 84.6 Å². The zero-order valence-electron chi connectivity index (χ0n) is 19.7. The second-order valence-electron chi connectivity index (χ2n) is 8.61. The fourth-order valence-corrected chi connectivity index (χ4v) is 4.74. The van der Waals surface area contributed by atoms with E-state index in [9.17, 15) is 19.1 Å². The summed E-state index contributed by atoms with van der Waals surface area (Å²) in [7, 11) is 0. The molecule has 1 aliphatic heterocycles. The Morgan fingerprint density at radius 3 is 2.58 bits per heavy atom. The number of Topliss-reactive ketones (excluding diaryl/α,β-unsaturated/α-hetero) is 1. The number of benzene rings is 3. The van der Waals surface area contributed by atoms with Crippen molar-refractivity contribution in [1.29, 1.82) is 0 Å². The Labute approximate surface area is 207 Å². The quantitative estimate of drug-likeness (QED) is 0.210. The van der Waals surface area contributed by atoms with Crippen molar-refractivity contribution in [1.82, 2.24) is 9.88 Å². The molecule has 182 valence electrons. The van der Waals surface area contributed by atoms with Crippen LogP contribution in [0.5, 0.6) is 5.75 Å². The number of carbonyl (C=O) groups is 2. The van der Waals surface area contributed by atoms with Gasteiger partial charge in [0.05, 0.1) is 18.2 Å². The fraction of sp³-hybridized carbons (Fsp3) is 0.172. The molecule has 1 unspecified atom stereocenters. The smallest absolute Gasteiger partial charge is 0.295 e. The summed E-state index contributed by atoms with van der Waals surface area (Å²) >= 11 is 0. The number of aromatic nitrogens is 1. The number of hydrogen-bond acceptors (Lipinski definition) is 4. The van der Waals surface area contributed by atoms with E-state index in [0.717, 1.165) is 16.5 Å². The second kappa shape index (κ2) is 9.70. The molecule has 36 heavy (non-hydrogen) atoms. The van der Waals surface area contributed by atoms with Crippen molar-refractivity contribution in [3.63, 3.8) is 0 Å². The summed E-state index contributed by atoms with van der Waals surface area (Å²) in [5.74, 6) is -1.70. The number of likely N-dealkylation sites (tertiary alicyclic amines) is 1. The first-order chi connectivity index (χ1) is 17.5. The normalized spacial score (nSPS) is 17.2. The van der Waals surface area contributed by atoms with E-state index in [1.54, 1.807) is 30.3 Å². The summed E-state index contributed by atoms with van der Waals surface area (Å²) in [6.45, 7) is 2.57. The van der Waals surface area contributed by atoms with Gasteiger partial charge in [0.25, 0.3) is 11.7 Å². The largest absolute Gasteiger partial charge is 0.507 e. The van der Waals surface area contributed by atoms with Gasteiger partial charge in [0.2, 0.25) is 0 Å². The predicted molar refractivity (Wildman–Crippen MR) is 135 cm³/mol. The highest BCUT2D eigenvalue weighted by atomic mass is 19.1. The highest BCUT2D eigenvalue weighted by Crippen LogP contribution is 2.40.